The number of nitrogens with one attached hydrogen (secondary N) is 1. The smallest absolute Gasteiger partial charge is 0.213 e. The molecule has 160 valence electrons. The zero-order chi connectivity index (χ0) is 21.4. The van der Waals surface area contributed by atoms with Gasteiger partial charge < -0.3 is 24.5 Å². The van der Waals surface area contributed by atoms with Gasteiger partial charge in [-0.25, -0.2) is 9.97 Å². The van der Waals surface area contributed by atoms with E-state index in [9.17, 15) is 5.11 Å². The topological polar surface area (TPSA) is 88.4 Å². The molecule has 0 radical (unpaired) electrons. The van der Waals surface area contributed by atoms with Crippen molar-refractivity contribution in [2.24, 2.45) is 0 Å². The molecule has 3 heterocycles. The average Bonchev–Trinajstić information content (AvgIpc) is 3.06. The van der Waals surface area contributed by atoms with Crippen LogP contribution in [0.4, 0.5) is 5.82 Å². The van der Waals surface area contributed by atoms with Crippen LogP contribution >= 0.6 is 12.2 Å². The Hall–Kier alpha value is -2.81. The minimum Gasteiger partial charge on any atom is -0.493 e. The minimum atomic E-state index is 0.153. The standard InChI is InChI=1S/C21H27N5O3S/c1-12(2)18-20(27)26(21(30)24-18)13-5-7-25(8-6-13)19-14-9-16(28-3)17(29-4)10-15(14)22-11-23-19/h9-13,27H,5-8H2,1-4H3,(H,24,30). The molecule has 1 aliphatic heterocycles. The van der Waals surface area contributed by atoms with Gasteiger partial charge in [0.2, 0.25) is 5.88 Å². The first kappa shape index (κ1) is 20.5. The molecule has 1 aliphatic rings. The Labute approximate surface area is 180 Å². The van der Waals surface area contributed by atoms with E-state index in [0.29, 0.717) is 16.3 Å². The molecule has 1 fully saturated rings. The second-order valence-electron chi connectivity index (χ2n) is 7.83. The molecule has 1 saturated heterocycles. The first-order valence-corrected chi connectivity index (χ1v) is 10.5. The molecule has 0 aliphatic carbocycles. The second-order valence-corrected chi connectivity index (χ2v) is 8.22. The highest BCUT2D eigenvalue weighted by Crippen LogP contribution is 2.37. The Morgan fingerprint density at radius 3 is 2.40 bits per heavy atom. The predicted molar refractivity (Wildman–Crippen MR) is 118 cm³/mol. The molecule has 4 rings (SSSR count). The number of imidazole rings is 1. The summed E-state index contributed by atoms with van der Waals surface area (Å²) in [5.41, 5.74) is 1.61. The molecule has 2 N–H and O–H groups in total. The predicted octanol–water partition coefficient (Wildman–Crippen LogP) is 4.18. The van der Waals surface area contributed by atoms with Crippen LogP contribution in [0, 0.1) is 4.77 Å². The van der Waals surface area contributed by atoms with Crippen molar-refractivity contribution in [2.75, 3.05) is 32.2 Å². The molecule has 0 spiro atoms. The van der Waals surface area contributed by atoms with E-state index < -0.39 is 0 Å². The monoisotopic (exact) mass is 429 g/mol. The van der Waals surface area contributed by atoms with Crippen molar-refractivity contribution in [1.82, 2.24) is 19.5 Å². The number of aromatic nitrogens is 4. The first-order chi connectivity index (χ1) is 14.4. The summed E-state index contributed by atoms with van der Waals surface area (Å²) in [7, 11) is 3.24. The summed E-state index contributed by atoms with van der Waals surface area (Å²) in [6, 6.07) is 3.95. The Balaban J connectivity index is 1.61. The van der Waals surface area contributed by atoms with Crippen molar-refractivity contribution in [2.45, 2.75) is 38.6 Å². The molecule has 3 aromatic rings. The van der Waals surface area contributed by atoms with E-state index in [-0.39, 0.29) is 17.8 Å². The molecule has 30 heavy (non-hydrogen) atoms. The summed E-state index contributed by atoms with van der Waals surface area (Å²) in [6.07, 6.45) is 3.30. The average molecular weight is 430 g/mol. The summed E-state index contributed by atoms with van der Waals surface area (Å²) in [5.74, 6) is 2.63. The van der Waals surface area contributed by atoms with Crippen LogP contribution in [0.5, 0.6) is 17.4 Å². The van der Waals surface area contributed by atoms with Gasteiger partial charge in [0.15, 0.2) is 16.3 Å². The lowest BCUT2D eigenvalue weighted by Crippen LogP contribution is -2.35. The van der Waals surface area contributed by atoms with E-state index in [1.165, 1.54) is 0 Å². The van der Waals surface area contributed by atoms with Crippen LogP contribution in [0.1, 0.15) is 44.3 Å². The molecule has 0 bridgehead atoms. The molecule has 0 amide bonds. The quantitative estimate of drug-likeness (QED) is 0.588. The summed E-state index contributed by atoms with van der Waals surface area (Å²) in [5, 5.41) is 11.6. The maximum absolute atomic E-state index is 10.7. The molecule has 8 nitrogen and oxygen atoms in total. The van der Waals surface area contributed by atoms with Crippen molar-refractivity contribution in [1.29, 1.82) is 0 Å². The Morgan fingerprint density at radius 1 is 1.13 bits per heavy atom. The molecular formula is C21H27N5O3S. The Kier molecular flexibility index (Phi) is 5.55. The van der Waals surface area contributed by atoms with Crippen LogP contribution in [0.2, 0.25) is 0 Å². The van der Waals surface area contributed by atoms with Crippen LogP contribution in [0.25, 0.3) is 10.9 Å². The molecule has 1 aromatic carbocycles. The highest BCUT2D eigenvalue weighted by molar-refractivity contribution is 7.71. The van der Waals surface area contributed by atoms with Crippen molar-refractivity contribution >= 4 is 28.9 Å². The Bertz CT molecular complexity index is 1120. The number of ether oxygens (including phenoxy) is 2. The second kappa shape index (κ2) is 8.14. The van der Waals surface area contributed by atoms with E-state index in [4.69, 9.17) is 21.7 Å². The van der Waals surface area contributed by atoms with Crippen LogP contribution in [0.15, 0.2) is 18.5 Å². The fourth-order valence-corrected chi connectivity index (χ4v) is 4.50. The SMILES string of the molecule is COc1cc2ncnc(N3CCC(n4c(O)c(C(C)C)[nH]c4=S)CC3)c2cc1OC. The number of nitrogens with zero attached hydrogens (tertiary/aromatic N) is 4. The number of piperidine rings is 1. The van der Waals surface area contributed by atoms with Gasteiger partial charge in [-0.2, -0.15) is 0 Å². The van der Waals surface area contributed by atoms with E-state index in [0.717, 1.165) is 48.3 Å². The highest BCUT2D eigenvalue weighted by Gasteiger charge is 2.27. The number of anilines is 1. The van der Waals surface area contributed by atoms with Gasteiger partial charge >= 0.3 is 0 Å². The number of hydrogen-bond donors (Lipinski definition) is 2. The van der Waals surface area contributed by atoms with Gasteiger partial charge in [0.1, 0.15) is 12.1 Å². The van der Waals surface area contributed by atoms with Gasteiger partial charge in [-0.05, 0) is 37.0 Å². The number of aromatic amines is 1. The maximum Gasteiger partial charge on any atom is 0.213 e. The van der Waals surface area contributed by atoms with Gasteiger partial charge in [-0.3, -0.25) is 4.57 Å². The number of H-pyrrole nitrogens is 1. The lowest BCUT2D eigenvalue weighted by molar-refractivity contribution is 0.333. The zero-order valence-electron chi connectivity index (χ0n) is 17.7. The summed E-state index contributed by atoms with van der Waals surface area (Å²) in [6.45, 7) is 5.68. The third-order valence-electron chi connectivity index (χ3n) is 5.76. The Morgan fingerprint density at radius 2 is 1.80 bits per heavy atom. The third kappa shape index (κ3) is 3.47. The molecule has 0 atom stereocenters. The lowest BCUT2D eigenvalue weighted by Gasteiger charge is -2.34. The number of aromatic hydroxyl groups is 1. The number of benzene rings is 1. The summed E-state index contributed by atoms with van der Waals surface area (Å²) in [4.78, 5) is 14.4. The number of rotatable bonds is 5. The van der Waals surface area contributed by atoms with Crippen LogP contribution in [-0.2, 0) is 0 Å². The maximum atomic E-state index is 10.7. The minimum absolute atomic E-state index is 0.153. The molecule has 2 aromatic heterocycles. The number of hydrogen-bond acceptors (Lipinski definition) is 7. The van der Waals surface area contributed by atoms with Crippen LogP contribution < -0.4 is 14.4 Å². The fraction of sp³-hybridized carbons (Fsp3) is 0.476. The normalized spacial score (nSPS) is 15.2. The molecular weight excluding hydrogens is 402 g/mol. The van der Waals surface area contributed by atoms with Gasteiger partial charge in [0, 0.05) is 30.6 Å². The van der Waals surface area contributed by atoms with E-state index in [1.807, 2.05) is 30.5 Å². The number of fused-ring (bicyclic) bond motifs is 1. The first-order valence-electron chi connectivity index (χ1n) is 10.1. The lowest BCUT2D eigenvalue weighted by atomic mass is 10.0. The van der Waals surface area contributed by atoms with Crippen molar-refractivity contribution < 1.29 is 14.6 Å². The van der Waals surface area contributed by atoms with Gasteiger partial charge in [0.05, 0.1) is 25.4 Å². The van der Waals surface area contributed by atoms with Crippen LogP contribution in [-0.4, -0.2) is 51.9 Å². The van der Waals surface area contributed by atoms with Crippen molar-refractivity contribution in [3.8, 4) is 17.4 Å². The highest BCUT2D eigenvalue weighted by atomic mass is 32.1. The third-order valence-corrected chi connectivity index (χ3v) is 6.05. The van der Waals surface area contributed by atoms with Gasteiger partial charge in [-0.1, -0.05) is 13.8 Å². The van der Waals surface area contributed by atoms with Crippen molar-refractivity contribution in [3.05, 3.63) is 28.9 Å². The van der Waals surface area contributed by atoms with Gasteiger partial charge in [0.25, 0.3) is 0 Å². The summed E-state index contributed by atoms with van der Waals surface area (Å²) < 4.78 is 13.3. The van der Waals surface area contributed by atoms with Crippen LogP contribution in [0.3, 0.4) is 0 Å². The zero-order valence-corrected chi connectivity index (χ0v) is 18.5. The summed E-state index contributed by atoms with van der Waals surface area (Å²) >= 11 is 5.49. The fourth-order valence-electron chi connectivity index (χ4n) is 4.16. The largest absolute Gasteiger partial charge is 0.493 e. The van der Waals surface area contributed by atoms with Gasteiger partial charge in [-0.15, -0.1) is 0 Å². The molecule has 9 heteroatoms. The molecule has 0 unspecified atom stereocenters. The number of methoxy groups -OCH3 is 2. The molecule has 0 saturated carbocycles. The van der Waals surface area contributed by atoms with Crippen molar-refractivity contribution in [3.63, 3.8) is 0 Å². The van der Waals surface area contributed by atoms with E-state index >= 15 is 0 Å². The van der Waals surface area contributed by atoms with E-state index in [2.05, 4.69) is 19.9 Å². The van der Waals surface area contributed by atoms with E-state index in [1.54, 1.807) is 20.5 Å².